The van der Waals surface area contributed by atoms with E-state index in [9.17, 15) is 43.2 Å². The highest BCUT2D eigenvalue weighted by atomic mass is 31.3. The van der Waals surface area contributed by atoms with Gasteiger partial charge in [0.05, 0.1) is 6.61 Å². The van der Waals surface area contributed by atoms with Gasteiger partial charge in [-0.1, -0.05) is 0 Å². The Balaban J connectivity index is 1.75. The molecular weight excluding hydrogens is 633 g/mol. The molecule has 23 heteroatoms. The summed E-state index contributed by atoms with van der Waals surface area (Å²) in [6, 6.07) is 3.24. The summed E-state index contributed by atoms with van der Waals surface area (Å²) in [6.07, 6.45) is -3.13. The number of carbonyl (C=O) groups excluding carboxylic acids is 1. The number of phosphoric ester groups is 2. The third-order valence-corrected chi connectivity index (χ3v) is 10.6. The van der Waals surface area contributed by atoms with Gasteiger partial charge in [0, 0.05) is 46.5 Å². The predicted octanol–water partition coefficient (Wildman–Crippen LogP) is -0.214. The molecule has 1 amide bonds. The summed E-state index contributed by atoms with van der Waals surface area (Å²) in [5, 5.41) is 23.5. The van der Waals surface area contributed by atoms with Crippen LogP contribution in [-0.2, 0) is 51.7 Å². The largest absolute Gasteiger partial charge is 0.492 e. The maximum atomic E-state index is 12.8. The zero-order chi connectivity index (χ0) is 31.3. The Bertz CT molecular complexity index is 1520. The van der Waals surface area contributed by atoms with E-state index in [4.69, 9.17) is 9.26 Å². The van der Waals surface area contributed by atoms with Crippen molar-refractivity contribution in [3.05, 3.63) is 62.7 Å². The van der Waals surface area contributed by atoms with Crippen molar-refractivity contribution in [2.75, 3.05) is 27.9 Å². The Hall–Kier alpha value is -2.41. The quantitative estimate of drug-likeness (QED) is 0.164. The molecule has 42 heavy (non-hydrogen) atoms. The average Bonchev–Trinajstić information content (AvgIpc) is 3.23. The van der Waals surface area contributed by atoms with Crippen LogP contribution < -0.4 is 16.6 Å². The number of aromatic nitrogens is 3. The highest BCUT2D eigenvalue weighted by Gasteiger charge is 2.48. The lowest BCUT2D eigenvalue weighted by Crippen LogP contribution is -2.41. The molecule has 0 bridgehead atoms. The summed E-state index contributed by atoms with van der Waals surface area (Å²) in [5.74, 6) is -0.876. The van der Waals surface area contributed by atoms with Crippen molar-refractivity contribution in [3.8, 4) is 0 Å². The first-order valence-corrected chi connectivity index (χ1v) is 15.9. The van der Waals surface area contributed by atoms with Crippen LogP contribution in [0.3, 0.4) is 0 Å². The van der Waals surface area contributed by atoms with E-state index in [2.05, 4.69) is 32.5 Å². The molecule has 2 aromatic rings. The standard InChI is InChI=1S/C19H27N4O16P3/c1-33-40(29,30)38-42(32,35-3)39-41(31,34-2)36-10-13-14(24)15(25)18(37-13)23-9-12(17(27)22-19(23)28)16(26)21-8-11-4-6-20-7-5-11/h4-7,9,13-15,18,24-25H,8,10H2,1-3H3,(H,21,26)(H,29,30)(H,22,27,28). The number of phosphoric acid groups is 3. The van der Waals surface area contributed by atoms with Crippen LogP contribution in [0.2, 0.25) is 0 Å². The summed E-state index contributed by atoms with van der Waals surface area (Å²) in [4.78, 5) is 52.6. The van der Waals surface area contributed by atoms with Crippen molar-refractivity contribution in [3.63, 3.8) is 0 Å². The second kappa shape index (κ2) is 13.9. The first-order chi connectivity index (χ1) is 19.7. The minimum atomic E-state index is -5.10. The van der Waals surface area contributed by atoms with Crippen LogP contribution in [0.4, 0.5) is 0 Å². The number of nitrogens with zero attached hydrogens (tertiary/aromatic N) is 2. The fraction of sp³-hybridized carbons (Fsp3) is 0.474. The number of amides is 1. The molecule has 1 saturated heterocycles. The van der Waals surface area contributed by atoms with E-state index in [1.54, 1.807) is 12.1 Å². The molecule has 0 saturated carbocycles. The third-order valence-electron chi connectivity index (χ3n) is 5.50. The molecule has 0 aromatic carbocycles. The molecule has 3 rings (SSSR count). The number of ether oxygens (including phenoxy) is 1. The lowest BCUT2D eigenvalue weighted by Gasteiger charge is -2.23. The molecule has 1 fully saturated rings. The summed E-state index contributed by atoms with van der Waals surface area (Å²) < 4.78 is 70.0. The molecule has 3 heterocycles. The first kappa shape index (κ1) is 34.1. The number of nitrogens with one attached hydrogen (secondary N) is 2. The van der Waals surface area contributed by atoms with Crippen molar-refractivity contribution in [2.24, 2.45) is 0 Å². The van der Waals surface area contributed by atoms with Gasteiger partial charge in [0.25, 0.3) is 11.5 Å². The van der Waals surface area contributed by atoms with E-state index < -0.39 is 77.3 Å². The minimum absolute atomic E-state index is 0.0184. The molecule has 5 N–H and O–H groups in total. The number of aliphatic hydroxyl groups is 2. The number of hydrogen-bond donors (Lipinski definition) is 5. The van der Waals surface area contributed by atoms with Crippen molar-refractivity contribution >= 4 is 29.4 Å². The van der Waals surface area contributed by atoms with Crippen molar-refractivity contribution in [1.29, 1.82) is 0 Å². The Labute approximate surface area is 236 Å². The van der Waals surface area contributed by atoms with Crippen molar-refractivity contribution in [1.82, 2.24) is 19.9 Å². The number of H-pyrrole nitrogens is 1. The molecule has 0 aliphatic carbocycles. The van der Waals surface area contributed by atoms with Crippen LogP contribution in [-0.4, -0.2) is 81.8 Å². The second-order valence-corrected chi connectivity index (χ2v) is 13.5. The third kappa shape index (κ3) is 8.36. The van der Waals surface area contributed by atoms with E-state index in [1.807, 2.05) is 4.98 Å². The van der Waals surface area contributed by atoms with E-state index in [0.29, 0.717) is 10.1 Å². The molecule has 7 atom stereocenters. The topological polar surface area (TPSA) is 273 Å². The highest BCUT2D eigenvalue weighted by Crippen LogP contribution is 2.71. The van der Waals surface area contributed by atoms with Gasteiger partial charge in [-0.15, -0.1) is 0 Å². The van der Waals surface area contributed by atoms with Gasteiger partial charge in [-0.25, -0.2) is 18.5 Å². The lowest BCUT2D eigenvalue weighted by molar-refractivity contribution is -0.0548. The summed E-state index contributed by atoms with van der Waals surface area (Å²) >= 11 is 0. The summed E-state index contributed by atoms with van der Waals surface area (Å²) in [6.45, 7) is -0.896. The van der Waals surface area contributed by atoms with Gasteiger partial charge in [0.15, 0.2) is 6.23 Å². The Kier molecular flexibility index (Phi) is 11.3. The predicted molar refractivity (Wildman–Crippen MR) is 137 cm³/mol. The molecule has 1 aliphatic rings. The SMILES string of the molecule is COP(=O)(O)OP(=O)(OC)OP(=O)(OC)OCC1OC(n2cc(C(=O)NCc3ccncc3)c(=O)[nH]c2=O)C(O)C1O. The number of rotatable bonds is 14. The van der Waals surface area contributed by atoms with Crippen molar-refractivity contribution < 1.29 is 65.0 Å². The molecule has 234 valence electrons. The normalized spacial score (nSPS) is 24.8. The highest BCUT2D eigenvalue weighted by molar-refractivity contribution is 7.67. The van der Waals surface area contributed by atoms with Gasteiger partial charge in [0.1, 0.15) is 23.9 Å². The lowest BCUT2D eigenvalue weighted by atomic mass is 10.1. The number of carbonyl (C=O) groups is 1. The molecule has 20 nitrogen and oxygen atoms in total. The smallest absolute Gasteiger partial charge is 0.387 e. The Morgan fingerprint density at radius 1 is 1.05 bits per heavy atom. The molecule has 1 aliphatic heterocycles. The second-order valence-electron chi connectivity index (χ2n) is 8.16. The molecule has 0 spiro atoms. The van der Waals surface area contributed by atoms with Gasteiger partial charge in [-0.2, -0.15) is 8.62 Å². The fourth-order valence-corrected chi connectivity index (χ4v) is 7.42. The molecule has 7 unspecified atom stereocenters. The Morgan fingerprint density at radius 2 is 1.69 bits per heavy atom. The van der Waals surface area contributed by atoms with Crippen LogP contribution >= 0.6 is 23.5 Å². The zero-order valence-corrected chi connectivity index (χ0v) is 24.7. The molecular formula is C19H27N4O16P3. The van der Waals surface area contributed by atoms with Crippen LogP contribution in [0.5, 0.6) is 0 Å². The number of hydrogen-bond acceptors (Lipinski definition) is 16. The maximum absolute atomic E-state index is 12.8. The summed E-state index contributed by atoms with van der Waals surface area (Å²) in [7, 11) is -12.8. The van der Waals surface area contributed by atoms with Gasteiger partial charge >= 0.3 is 29.2 Å². The fourth-order valence-electron chi connectivity index (χ4n) is 3.35. The number of aliphatic hydroxyl groups excluding tert-OH is 2. The van der Waals surface area contributed by atoms with E-state index in [-0.39, 0.29) is 6.54 Å². The number of aromatic amines is 1. The van der Waals surface area contributed by atoms with E-state index in [1.165, 1.54) is 12.4 Å². The van der Waals surface area contributed by atoms with Crippen LogP contribution in [0.15, 0.2) is 40.3 Å². The van der Waals surface area contributed by atoms with Crippen LogP contribution in [0, 0.1) is 0 Å². The van der Waals surface area contributed by atoms with E-state index >= 15 is 0 Å². The van der Waals surface area contributed by atoms with Gasteiger partial charge in [-0.05, 0) is 17.7 Å². The first-order valence-electron chi connectivity index (χ1n) is 11.5. The zero-order valence-electron chi connectivity index (χ0n) is 22.0. The minimum Gasteiger partial charge on any atom is -0.387 e. The van der Waals surface area contributed by atoms with Gasteiger partial charge in [0.2, 0.25) is 0 Å². The van der Waals surface area contributed by atoms with Gasteiger partial charge in [-0.3, -0.25) is 42.2 Å². The molecule has 0 radical (unpaired) electrons. The van der Waals surface area contributed by atoms with Crippen LogP contribution in [0.25, 0.3) is 0 Å². The maximum Gasteiger partial charge on any atom is 0.492 e. The summed E-state index contributed by atoms with van der Waals surface area (Å²) in [5.41, 5.74) is -2.02. The Morgan fingerprint density at radius 3 is 2.29 bits per heavy atom. The molecule has 2 aromatic heterocycles. The monoisotopic (exact) mass is 660 g/mol. The van der Waals surface area contributed by atoms with Crippen molar-refractivity contribution in [2.45, 2.75) is 31.1 Å². The van der Waals surface area contributed by atoms with E-state index in [0.717, 1.165) is 27.5 Å². The van der Waals surface area contributed by atoms with Crippen LogP contribution in [0.1, 0.15) is 22.1 Å². The van der Waals surface area contributed by atoms with Gasteiger partial charge < -0.3 is 25.2 Å². The average molecular weight is 660 g/mol. The number of pyridine rings is 1.